The average molecular weight is 204 g/mol. The van der Waals surface area contributed by atoms with Gasteiger partial charge < -0.3 is 4.90 Å². The number of hydrogen-bond acceptors (Lipinski definition) is 3. The van der Waals surface area contributed by atoms with Crippen molar-refractivity contribution in [1.82, 2.24) is 9.88 Å². The zero-order chi connectivity index (χ0) is 10.7. The van der Waals surface area contributed by atoms with E-state index >= 15 is 0 Å². The van der Waals surface area contributed by atoms with Gasteiger partial charge in [-0.1, -0.05) is 0 Å². The van der Waals surface area contributed by atoms with Crippen LogP contribution in [0.2, 0.25) is 0 Å². The first kappa shape index (κ1) is 10.4. The molecule has 0 bridgehead atoms. The molecular weight excluding hydrogens is 186 g/mol. The maximum atomic E-state index is 4.32. The zero-order valence-electron chi connectivity index (χ0n) is 9.48. The fourth-order valence-corrected chi connectivity index (χ4v) is 1.97. The van der Waals surface area contributed by atoms with Crippen LogP contribution in [0, 0.1) is 6.07 Å². The third-order valence-corrected chi connectivity index (χ3v) is 2.97. The van der Waals surface area contributed by atoms with Gasteiger partial charge in [0.1, 0.15) is 5.82 Å². The summed E-state index contributed by atoms with van der Waals surface area (Å²) in [7, 11) is 0. The number of aromatic nitrogens is 1. The Morgan fingerprint density at radius 1 is 1.27 bits per heavy atom. The van der Waals surface area contributed by atoms with Gasteiger partial charge in [-0.3, -0.25) is 4.90 Å². The largest absolute Gasteiger partial charge is 0.354 e. The molecule has 0 amide bonds. The third-order valence-electron chi connectivity index (χ3n) is 2.97. The summed E-state index contributed by atoms with van der Waals surface area (Å²) in [5.74, 6) is 1.08. The zero-order valence-corrected chi connectivity index (χ0v) is 9.48. The Balaban J connectivity index is 1.94. The van der Waals surface area contributed by atoms with Crippen LogP contribution in [0.3, 0.4) is 0 Å². The number of pyridine rings is 1. The maximum absolute atomic E-state index is 4.32. The molecule has 81 valence electrons. The van der Waals surface area contributed by atoms with Crippen molar-refractivity contribution in [3.63, 3.8) is 0 Å². The molecular formula is C12H18N3. The quantitative estimate of drug-likeness (QED) is 0.726. The molecule has 1 radical (unpaired) electrons. The summed E-state index contributed by atoms with van der Waals surface area (Å²) in [5, 5.41) is 0. The highest BCUT2D eigenvalue weighted by atomic mass is 15.3. The van der Waals surface area contributed by atoms with Gasteiger partial charge in [-0.05, 0) is 26.0 Å². The first-order chi connectivity index (χ1) is 7.27. The monoisotopic (exact) mass is 204 g/mol. The van der Waals surface area contributed by atoms with Gasteiger partial charge in [0.15, 0.2) is 0 Å². The Hall–Kier alpha value is -1.09. The van der Waals surface area contributed by atoms with Gasteiger partial charge in [-0.15, -0.1) is 0 Å². The highest BCUT2D eigenvalue weighted by Gasteiger charge is 2.19. The van der Waals surface area contributed by atoms with Crippen molar-refractivity contribution in [2.45, 2.75) is 19.9 Å². The predicted molar refractivity (Wildman–Crippen MR) is 62.0 cm³/mol. The third kappa shape index (κ3) is 2.48. The van der Waals surface area contributed by atoms with E-state index in [0.717, 1.165) is 32.0 Å². The molecule has 2 rings (SSSR count). The van der Waals surface area contributed by atoms with Crippen molar-refractivity contribution in [2.24, 2.45) is 0 Å². The number of rotatable bonds is 2. The standard InChI is InChI=1S/C12H18N3/c1-11(2)14-7-9-15(10-8-14)12-5-3-4-6-13-12/h3,5-6,11H,7-10H2,1-2H3. The Morgan fingerprint density at radius 2 is 2.00 bits per heavy atom. The number of piperazine rings is 1. The first-order valence-electron chi connectivity index (χ1n) is 5.58. The van der Waals surface area contributed by atoms with Crippen LogP contribution in [-0.4, -0.2) is 42.1 Å². The molecule has 0 unspecified atom stereocenters. The van der Waals surface area contributed by atoms with E-state index < -0.39 is 0 Å². The highest BCUT2D eigenvalue weighted by molar-refractivity contribution is 5.37. The Bertz CT molecular complexity index is 289. The maximum Gasteiger partial charge on any atom is 0.128 e. The van der Waals surface area contributed by atoms with E-state index in [9.17, 15) is 0 Å². The van der Waals surface area contributed by atoms with Gasteiger partial charge in [0, 0.05) is 44.5 Å². The summed E-state index contributed by atoms with van der Waals surface area (Å²) in [4.78, 5) is 9.17. The van der Waals surface area contributed by atoms with Gasteiger partial charge in [-0.25, -0.2) is 4.98 Å². The molecule has 1 aliphatic rings. The van der Waals surface area contributed by atoms with Crippen LogP contribution in [0.4, 0.5) is 5.82 Å². The van der Waals surface area contributed by atoms with E-state index in [2.05, 4.69) is 34.7 Å². The second-order valence-electron chi connectivity index (χ2n) is 4.23. The van der Waals surface area contributed by atoms with Gasteiger partial charge in [-0.2, -0.15) is 0 Å². The lowest BCUT2D eigenvalue weighted by molar-refractivity contribution is 0.209. The summed E-state index contributed by atoms with van der Waals surface area (Å²) in [6.45, 7) is 8.94. The normalized spacial score (nSPS) is 18.5. The Labute approximate surface area is 91.7 Å². The summed E-state index contributed by atoms with van der Waals surface area (Å²) in [5.41, 5.74) is 0. The van der Waals surface area contributed by atoms with Crippen molar-refractivity contribution >= 4 is 5.82 Å². The molecule has 1 aliphatic heterocycles. The molecule has 0 aliphatic carbocycles. The van der Waals surface area contributed by atoms with Crippen LogP contribution in [-0.2, 0) is 0 Å². The van der Waals surface area contributed by atoms with Crippen LogP contribution >= 0.6 is 0 Å². The Morgan fingerprint density at radius 3 is 2.53 bits per heavy atom. The van der Waals surface area contributed by atoms with E-state index in [1.165, 1.54) is 0 Å². The van der Waals surface area contributed by atoms with E-state index in [1.807, 2.05) is 12.1 Å². The minimum Gasteiger partial charge on any atom is -0.354 e. The number of nitrogens with zero attached hydrogens (tertiary/aromatic N) is 3. The highest BCUT2D eigenvalue weighted by Crippen LogP contribution is 2.13. The molecule has 0 spiro atoms. The predicted octanol–water partition coefficient (Wildman–Crippen LogP) is 1.41. The van der Waals surface area contributed by atoms with Gasteiger partial charge in [0.25, 0.3) is 0 Å². The first-order valence-corrected chi connectivity index (χ1v) is 5.58. The second kappa shape index (κ2) is 4.62. The summed E-state index contributed by atoms with van der Waals surface area (Å²) < 4.78 is 0. The SMILES string of the molecule is CC(C)N1CCN(c2cc[c]cn2)CC1. The minimum absolute atomic E-state index is 0.657. The number of anilines is 1. The smallest absolute Gasteiger partial charge is 0.128 e. The molecule has 1 saturated heterocycles. The van der Waals surface area contributed by atoms with Crippen LogP contribution in [0.5, 0.6) is 0 Å². The molecule has 15 heavy (non-hydrogen) atoms. The molecule has 3 heteroatoms. The van der Waals surface area contributed by atoms with E-state index in [-0.39, 0.29) is 0 Å². The summed E-state index contributed by atoms with van der Waals surface area (Å²) in [6.07, 6.45) is 1.74. The van der Waals surface area contributed by atoms with Crippen LogP contribution in [0.15, 0.2) is 18.3 Å². The molecule has 1 aromatic heterocycles. The van der Waals surface area contributed by atoms with Gasteiger partial charge in [0.05, 0.1) is 0 Å². The summed E-state index contributed by atoms with van der Waals surface area (Å²) >= 11 is 0. The lowest BCUT2D eigenvalue weighted by Crippen LogP contribution is -2.49. The topological polar surface area (TPSA) is 19.4 Å². The van der Waals surface area contributed by atoms with Crippen molar-refractivity contribution in [2.75, 3.05) is 31.1 Å². The summed E-state index contributed by atoms with van der Waals surface area (Å²) in [6, 6.07) is 7.57. The van der Waals surface area contributed by atoms with Crippen molar-refractivity contribution in [3.05, 3.63) is 24.4 Å². The molecule has 2 heterocycles. The fraction of sp³-hybridized carbons (Fsp3) is 0.583. The second-order valence-corrected chi connectivity index (χ2v) is 4.23. The average Bonchev–Trinajstić information content (AvgIpc) is 2.30. The molecule has 1 fully saturated rings. The van der Waals surface area contributed by atoms with E-state index in [0.29, 0.717) is 6.04 Å². The van der Waals surface area contributed by atoms with Crippen LogP contribution in [0.1, 0.15) is 13.8 Å². The molecule has 3 nitrogen and oxygen atoms in total. The fourth-order valence-electron chi connectivity index (χ4n) is 1.97. The van der Waals surface area contributed by atoms with Crippen LogP contribution in [0.25, 0.3) is 0 Å². The van der Waals surface area contributed by atoms with Crippen molar-refractivity contribution < 1.29 is 0 Å². The molecule has 0 N–H and O–H groups in total. The van der Waals surface area contributed by atoms with Gasteiger partial charge >= 0.3 is 0 Å². The van der Waals surface area contributed by atoms with E-state index in [1.54, 1.807) is 6.20 Å². The lowest BCUT2D eigenvalue weighted by atomic mass is 10.2. The van der Waals surface area contributed by atoms with E-state index in [4.69, 9.17) is 0 Å². The van der Waals surface area contributed by atoms with Crippen molar-refractivity contribution in [3.8, 4) is 0 Å². The minimum atomic E-state index is 0.657. The van der Waals surface area contributed by atoms with Crippen LogP contribution < -0.4 is 4.90 Å². The van der Waals surface area contributed by atoms with Gasteiger partial charge in [0.2, 0.25) is 0 Å². The van der Waals surface area contributed by atoms with Crippen molar-refractivity contribution in [1.29, 1.82) is 0 Å². The molecule has 1 aromatic rings. The number of hydrogen-bond donors (Lipinski definition) is 0. The molecule has 0 saturated carbocycles. The molecule has 0 atom stereocenters. The Kier molecular flexibility index (Phi) is 3.21. The molecule has 0 aromatic carbocycles. The lowest BCUT2D eigenvalue weighted by Gasteiger charge is -2.37.